The summed E-state index contributed by atoms with van der Waals surface area (Å²) >= 11 is 1.28. The first-order valence-corrected chi connectivity index (χ1v) is 7.27. The van der Waals surface area contributed by atoms with E-state index in [-0.39, 0.29) is 5.69 Å². The highest BCUT2D eigenvalue weighted by Gasteiger charge is 2.18. The number of aromatic carboxylic acids is 1. The number of carboxylic acids is 1. The van der Waals surface area contributed by atoms with Crippen LogP contribution in [0.1, 0.15) is 48.1 Å². The summed E-state index contributed by atoms with van der Waals surface area (Å²) in [5.74, 6) is -1.07. The molecule has 2 N–H and O–H groups in total. The summed E-state index contributed by atoms with van der Waals surface area (Å²) in [5, 5.41) is 12.3. The lowest BCUT2D eigenvalue weighted by atomic mass is 10.2. The van der Waals surface area contributed by atoms with E-state index in [1.807, 2.05) is 0 Å². The molecule has 0 saturated heterocycles. The Morgan fingerprint density at radius 3 is 2.48 bits per heavy atom. The van der Waals surface area contributed by atoms with Crippen LogP contribution in [-0.2, 0) is 11.2 Å². The molecule has 7 heteroatoms. The number of rotatable bonds is 5. The molecule has 0 saturated carbocycles. The van der Waals surface area contributed by atoms with Crippen molar-refractivity contribution in [1.82, 2.24) is 10.3 Å². The van der Waals surface area contributed by atoms with Gasteiger partial charge in [0, 0.05) is 13.0 Å². The average Bonchev–Trinajstić information content (AvgIpc) is 2.70. The number of carbonyl (C=O) groups excluding carboxylic acids is 1. The quantitative estimate of drug-likeness (QED) is 0.872. The molecule has 0 fully saturated rings. The van der Waals surface area contributed by atoms with Gasteiger partial charge in [-0.25, -0.2) is 14.6 Å². The summed E-state index contributed by atoms with van der Waals surface area (Å²) < 4.78 is 5.11. The van der Waals surface area contributed by atoms with Gasteiger partial charge in [0.1, 0.15) is 5.60 Å². The maximum absolute atomic E-state index is 11.5. The minimum absolute atomic E-state index is 0.0137. The molecule has 0 atom stereocenters. The molecule has 0 bridgehead atoms. The van der Waals surface area contributed by atoms with Crippen molar-refractivity contribution in [3.8, 4) is 0 Å². The van der Waals surface area contributed by atoms with Crippen molar-refractivity contribution in [2.24, 2.45) is 0 Å². The van der Waals surface area contributed by atoms with Crippen molar-refractivity contribution in [1.29, 1.82) is 0 Å². The lowest BCUT2D eigenvalue weighted by Gasteiger charge is -2.19. The molecule has 1 heterocycles. The molecule has 0 radical (unpaired) electrons. The fourth-order valence-electron chi connectivity index (χ4n) is 1.49. The molecule has 0 spiro atoms. The number of thiazole rings is 1. The monoisotopic (exact) mass is 312 g/mol. The second kappa shape index (κ2) is 6.71. The molecule has 1 aromatic rings. The fourth-order valence-corrected chi connectivity index (χ4v) is 2.47. The Hall–Kier alpha value is -1.89. The van der Waals surface area contributed by atoms with Crippen LogP contribution in [-0.4, -0.2) is 34.3 Å². The van der Waals surface area contributed by atoms with Gasteiger partial charge in [0.15, 0.2) is 5.69 Å². The maximum atomic E-state index is 11.5. The van der Waals surface area contributed by atoms with Gasteiger partial charge in [-0.05, 0) is 33.3 Å². The van der Waals surface area contributed by atoms with Crippen molar-refractivity contribution in [2.45, 2.75) is 39.7 Å². The topological polar surface area (TPSA) is 88.5 Å². The van der Waals surface area contributed by atoms with Crippen molar-refractivity contribution >= 4 is 29.0 Å². The van der Waals surface area contributed by atoms with E-state index in [1.54, 1.807) is 27.7 Å². The van der Waals surface area contributed by atoms with Gasteiger partial charge in [0.25, 0.3) is 0 Å². The van der Waals surface area contributed by atoms with Crippen molar-refractivity contribution in [3.63, 3.8) is 0 Å². The minimum atomic E-state index is -1.07. The van der Waals surface area contributed by atoms with Gasteiger partial charge >= 0.3 is 12.1 Å². The molecule has 0 aliphatic carbocycles. The molecule has 1 amide bonds. The summed E-state index contributed by atoms with van der Waals surface area (Å²) in [5.41, 5.74) is 0.130. The maximum Gasteiger partial charge on any atom is 0.407 e. The zero-order valence-electron chi connectivity index (χ0n) is 12.6. The Balaban J connectivity index is 2.61. The van der Waals surface area contributed by atoms with E-state index in [4.69, 9.17) is 9.84 Å². The van der Waals surface area contributed by atoms with E-state index in [2.05, 4.69) is 16.9 Å². The van der Waals surface area contributed by atoms with Crippen molar-refractivity contribution in [3.05, 3.63) is 22.2 Å². The predicted molar refractivity (Wildman–Crippen MR) is 81.7 cm³/mol. The Kier molecular flexibility index (Phi) is 5.48. The zero-order chi connectivity index (χ0) is 16.2. The first-order chi connectivity index (χ1) is 9.60. The van der Waals surface area contributed by atoms with Crippen LogP contribution in [0.3, 0.4) is 0 Å². The van der Waals surface area contributed by atoms with Crippen molar-refractivity contribution in [2.75, 3.05) is 6.54 Å². The van der Waals surface area contributed by atoms with Gasteiger partial charge in [-0.15, -0.1) is 11.3 Å². The minimum Gasteiger partial charge on any atom is -0.476 e. The summed E-state index contributed by atoms with van der Waals surface area (Å²) in [7, 11) is 0. The number of nitrogens with one attached hydrogen (secondary N) is 1. The van der Waals surface area contributed by atoms with E-state index in [0.717, 1.165) is 0 Å². The number of hydrogen-bond acceptors (Lipinski definition) is 5. The van der Waals surface area contributed by atoms with Gasteiger partial charge in [-0.3, -0.25) is 0 Å². The molecule has 0 aromatic carbocycles. The van der Waals surface area contributed by atoms with Crippen molar-refractivity contribution < 1.29 is 19.4 Å². The van der Waals surface area contributed by atoms with E-state index in [1.165, 1.54) is 11.3 Å². The molecule has 0 aliphatic heterocycles. The Bertz CT molecular complexity index is 526. The average molecular weight is 312 g/mol. The SMILES string of the molecule is C=C(C)c1sc(CCNC(=O)OC(C)(C)C)nc1C(=O)O. The van der Waals surface area contributed by atoms with E-state index >= 15 is 0 Å². The molecule has 21 heavy (non-hydrogen) atoms. The number of allylic oxidation sites excluding steroid dienone is 1. The van der Waals surface area contributed by atoms with Gasteiger partial charge in [0.05, 0.1) is 9.88 Å². The van der Waals surface area contributed by atoms with E-state index in [0.29, 0.717) is 28.4 Å². The summed E-state index contributed by atoms with van der Waals surface area (Å²) in [6, 6.07) is 0. The molecule has 0 unspecified atom stereocenters. The van der Waals surface area contributed by atoms with Gasteiger partial charge < -0.3 is 15.2 Å². The third-order valence-corrected chi connectivity index (χ3v) is 3.55. The third-order valence-electron chi connectivity index (χ3n) is 2.27. The smallest absolute Gasteiger partial charge is 0.407 e. The molecule has 116 valence electrons. The molecule has 0 aliphatic rings. The number of hydrogen-bond donors (Lipinski definition) is 2. The fraction of sp³-hybridized carbons (Fsp3) is 0.500. The first-order valence-electron chi connectivity index (χ1n) is 6.46. The normalized spacial score (nSPS) is 11.0. The molecule has 6 nitrogen and oxygen atoms in total. The van der Waals surface area contributed by atoms with Crippen LogP contribution in [0.25, 0.3) is 5.57 Å². The third kappa shape index (κ3) is 5.55. The standard InChI is InChI=1S/C14H20N2O4S/c1-8(2)11-10(12(17)18)16-9(21-11)6-7-15-13(19)20-14(3,4)5/h1,6-7H2,2-5H3,(H,15,19)(H,17,18). The van der Waals surface area contributed by atoms with Gasteiger partial charge in [-0.2, -0.15) is 0 Å². The van der Waals surface area contributed by atoms with E-state index < -0.39 is 17.7 Å². The second-order valence-corrected chi connectivity index (χ2v) is 6.63. The molecule has 1 rings (SSSR count). The summed E-state index contributed by atoms with van der Waals surface area (Å²) in [4.78, 5) is 27.2. The number of aromatic nitrogens is 1. The number of ether oxygens (including phenoxy) is 1. The lowest BCUT2D eigenvalue weighted by molar-refractivity contribution is 0.0527. The second-order valence-electron chi connectivity index (χ2n) is 5.55. The Labute approximate surface area is 127 Å². The van der Waals surface area contributed by atoms with Gasteiger partial charge in [-0.1, -0.05) is 6.58 Å². The number of amides is 1. The Morgan fingerprint density at radius 1 is 1.43 bits per heavy atom. The number of carbonyl (C=O) groups is 2. The summed E-state index contributed by atoms with van der Waals surface area (Å²) in [6.45, 7) is 11.2. The predicted octanol–water partition coefficient (Wildman–Crippen LogP) is 2.94. The van der Waals surface area contributed by atoms with Crippen LogP contribution in [0.15, 0.2) is 6.58 Å². The zero-order valence-corrected chi connectivity index (χ0v) is 13.5. The van der Waals surface area contributed by atoms with Crippen LogP contribution in [0.4, 0.5) is 4.79 Å². The molecule has 1 aromatic heterocycles. The van der Waals surface area contributed by atoms with Crippen LogP contribution in [0.5, 0.6) is 0 Å². The molecular weight excluding hydrogens is 292 g/mol. The van der Waals surface area contributed by atoms with Crippen LogP contribution in [0, 0.1) is 0 Å². The highest BCUT2D eigenvalue weighted by atomic mass is 32.1. The lowest BCUT2D eigenvalue weighted by Crippen LogP contribution is -2.33. The largest absolute Gasteiger partial charge is 0.476 e. The first kappa shape index (κ1) is 17.2. The highest BCUT2D eigenvalue weighted by molar-refractivity contribution is 7.13. The summed E-state index contributed by atoms with van der Waals surface area (Å²) in [6.07, 6.45) is -0.0603. The Morgan fingerprint density at radius 2 is 2.05 bits per heavy atom. The number of carboxylic acid groups (broad SMARTS) is 1. The van der Waals surface area contributed by atoms with E-state index in [9.17, 15) is 9.59 Å². The number of alkyl carbamates (subject to hydrolysis) is 1. The van der Waals surface area contributed by atoms with Crippen LogP contribution < -0.4 is 5.32 Å². The van der Waals surface area contributed by atoms with Gasteiger partial charge in [0.2, 0.25) is 0 Å². The van der Waals surface area contributed by atoms with Crippen LogP contribution >= 0.6 is 11.3 Å². The van der Waals surface area contributed by atoms with Crippen LogP contribution in [0.2, 0.25) is 0 Å². The highest BCUT2D eigenvalue weighted by Crippen LogP contribution is 2.25. The molecular formula is C14H20N2O4S. The number of nitrogens with zero attached hydrogens (tertiary/aromatic N) is 1.